The minimum absolute atomic E-state index is 0.0902. The van der Waals surface area contributed by atoms with Crippen LogP contribution in [0.3, 0.4) is 0 Å². The Morgan fingerprint density at radius 2 is 1.97 bits per heavy atom. The van der Waals surface area contributed by atoms with E-state index in [1.807, 2.05) is 30.3 Å². The van der Waals surface area contributed by atoms with Gasteiger partial charge in [0.05, 0.1) is 0 Å². The van der Waals surface area contributed by atoms with E-state index in [0.29, 0.717) is 18.9 Å². The van der Waals surface area contributed by atoms with Crippen molar-refractivity contribution in [2.45, 2.75) is 77.0 Å². The molecular formula is C24H34N4O3. The smallest absolute Gasteiger partial charge is 0.320 e. The van der Waals surface area contributed by atoms with E-state index in [4.69, 9.17) is 0 Å². The second-order valence-electron chi connectivity index (χ2n) is 8.54. The minimum Gasteiger partial charge on any atom is -0.480 e. The number of amides is 1. The topological polar surface area (TPSA) is 98.3 Å². The Balaban J connectivity index is 2.03. The van der Waals surface area contributed by atoms with Crippen molar-refractivity contribution < 1.29 is 14.7 Å². The molecule has 0 saturated carbocycles. The molecule has 7 nitrogen and oxygen atoms in total. The van der Waals surface area contributed by atoms with Crippen LogP contribution in [0.4, 0.5) is 0 Å². The lowest BCUT2D eigenvalue weighted by Gasteiger charge is -2.37. The number of carboxylic acids is 1. The molecule has 0 unspecified atom stereocenters. The van der Waals surface area contributed by atoms with E-state index in [0.717, 1.165) is 30.7 Å². The van der Waals surface area contributed by atoms with Gasteiger partial charge in [-0.15, -0.1) is 0 Å². The van der Waals surface area contributed by atoms with Crippen molar-refractivity contribution in [2.24, 2.45) is 5.92 Å². The maximum atomic E-state index is 12.3. The first-order chi connectivity index (χ1) is 14.9. The summed E-state index contributed by atoms with van der Waals surface area (Å²) in [6.07, 6.45) is 6.79. The number of likely N-dealkylation sites (tertiary alicyclic amines) is 1. The molecule has 1 saturated heterocycles. The van der Waals surface area contributed by atoms with Crippen molar-refractivity contribution in [1.82, 2.24) is 20.2 Å². The molecule has 2 aromatic rings. The highest BCUT2D eigenvalue weighted by atomic mass is 16.4. The highest BCUT2D eigenvalue weighted by molar-refractivity contribution is 5.75. The second-order valence-corrected chi connectivity index (χ2v) is 8.54. The quantitative estimate of drug-likeness (QED) is 0.540. The Hall–Kier alpha value is -2.67. The van der Waals surface area contributed by atoms with Gasteiger partial charge in [-0.25, -0.2) is 4.98 Å². The molecule has 1 aliphatic heterocycles. The SMILES string of the molecule is CCC(CC)C[C@H](NC(C)=O)[C@H]1[C@H](c2ncc[nH]2)C[C@H](C(=O)O)N1Cc1ccccc1. The van der Waals surface area contributed by atoms with Crippen LogP contribution in [0.25, 0.3) is 0 Å². The zero-order chi connectivity index (χ0) is 22.4. The van der Waals surface area contributed by atoms with Crippen LogP contribution in [0.15, 0.2) is 42.7 Å². The zero-order valence-electron chi connectivity index (χ0n) is 18.6. The fourth-order valence-corrected chi connectivity index (χ4v) is 5.00. The summed E-state index contributed by atoms with van der Waals surface area (Å²) in [5, 5.41) is 13.2. The van der Waals surface area contributed by atoms with Gasteiger partial charge >= 0.3 is 5.97 Å². The lowest BCUT2D eigenvalue weighted by Crippen LogP contribution is -2.53. The predicted molar refractivity (Wildman–Crippen MR) is 119 cm³/mol. The lowest BCUT2D eigenvalue weighted by atomic mass is 9.85. The molecule has 0 bridgehead atoms. The summed E-state index contributed by atoms with van der Waals surface area (Å²) in [7, 11) is 0. The summed E-state index contributed by atoms with van der Waals surface area (Å²) in [5.41, 5.74) is 1.06. The standard InChI is InChI=1S/C24H34N4O3/c1-4-17(5-2)13-20(27-16(3)29)22-19(23-25-11-12-26-23)14-21(24(30)31)28(22)15-18-9-7-6-8-10-18/h6-12,17,19-22H,4-5,13-15H2,1-3H3,(H,25,26)(H,27,29)(H,30,31)/t19-,20+,21-,22-/m1/s1. The van der Waals surface area contributed by atoms with Gasteiger partial charge in [0.2, 0.25) is 5.91 Å². The molecule has 3 N–H and O–H groups in total. The van der Waals surface area contributed by atoms with Gasteiger partial charge < -0.3 is 15.4 Å². The van der Waals surface area contributed by atoms with Crippen molar-refractivity contribution in [3.05, 3.63) is 54.1 Å². The van der Waals surface area contributed by atoms with Crippen LogP contribution in [-0.4, -0.2) is 50.0 Å². The molecule has 4 atom stereocenters. The Morgan fingerprint density at radius 1 is 1.26 bits per heavy atom. The van der Waals surface area contributed by atoms with Crippen LogP contribution in [0.2, 0.25) is 0 Å². The Kier molecular flexibility index (Phi) is 7.85. The maximum Gasteiger partial charge on any atom is 0.320 e. The van der Waals surface area contributed by atoms with Crippen LogP contribution >= 0.6 is 0 Å². The van der Waals surface area contributed by atoms with Gasteiger partial charge in [0.15, 0.2) is 0 Å². The van der Waals surface area contributed by atoms with Gasteiger partial charge in [-0.1, -0.05) is 57.0 Å². The molecule has 0 aliphatic carbocycles. The number of hydrogen-bond donors (Lipinski definition) is 3. The molecule has 168 valence electrons. The van der Waals surface area contributed by atoms with Crippen molar-refractivity contribution in [2.75, 3.05) is 0 Å². The van der Waals surface area contributed by atoms with Crippen LogP contribution in [0.5, 0.6) is 0 Å². The molecule has 2 heterocycles. The summed E-state index contributed by atoms with van der Waals surface area (Å²) in [5.74, 6) is 0.209. The maximum absolute atomic E-state index is 12.3. The van der Waals surface area contributed by atoms with Gasteiger partial charge in [0, 0.05) is 43.9 Å². The summed E-state index contributed by atoms with van der Waals surface area (Å²) in [4.78, 5) is 34.2. The fourth-order valence-electron chi connectivity index (χ4n) is 5.00. The Morgan fingerprint density at radius 3 is 2.52 bits per heavy atom. The Labute approximate surface area is 184 Å². The molecule has 7 heteroatoms. The summed E-state index contributed by atoms with van der Waals surface area (Å²) in [6, 6.07) is 8.96. The predicted octanol–water partition coefficient (Wildman–Crippen LogP) is 3.55. The molecule has 3 rings (SSSR count). The van der Waals surface area contributed by atoms with Crippen molar-refractivity contribution in [1.29, 1.82) is 0 Å². The number of carboxylic acid groups (broad SMARTS) is 1. The molecule has 1 aliphatic rings. The third-order valence-electron chi connectivity index (χ3n) is 6.58. The van der Waals surface area contributed by atoms with Crippen molar-refractivity contribution in [3.63, 3.8) is 0 Å². The number of rotatable bonds is 10. The molecule has 1 aromatic heterocycles. The van der Waals surface area contributed by atoms with Gasteiger partial charge in [-0.3, -0.25) is 14.5 Å². The van der Waals surface area contributed by atoms with Crippen LogP contribution in [-0.2, 0) is 16.1 Å². The van der Waals surface area contributed by atoms with E-state index in [1.54, 1.807) is 12.4 Å². The minimum atomic E-state index is -0.834. The number of hydrogen-bond acceptors (Lipinski definition) is 4. The first-order valence-corrected chi connectivity index (χ1v) is 11.2. The van der Waals surface area contributed by atoms with E-state index in [2.05, 4.69) is 34.0 Å². The van der Waals surface area contributed by atoms with E-state index in [-0.39, 0.29) is 23.9 Å². The Bertz CT molecular complexity index is 836. The number of imidazole rings is 1. The highest BCUT2D eigenvalue weighted by Crippen LogP contribution is 2.40. The number of carbonyl (C=O) groups is 2. The van der Waals surface area contributed by atoms with E-state index < -0.39 is 12.0 Å². The number of aromatic nitrogens is 2. The van der Waals surface area contributed by atoms with E-state index in [1.165, 1.54) is 6.92 Å². The van der Waals surface area contributed by atoms with Crippen LogP contribution < -0.4 is 5.32 Å². The van der Waals surface area contributed by atoms with Gasteiger partial charge in [0.1, 0.15) is 11.9 Å². The number of H-pyrrole nitrogens is 1. The number of aliphatic carboxylic acids is 1. The number of carbonyl (C=O) groups excluding carboxylic acids is 1. The summed E-state index contributed by atoms with van der Waals surface area (Å²) >= 11 is 0. The largest absolute Gasteiger partial charge is 0.480 e. The number of benzene rings is 1. The normalized spacial score (nSPS) is 22.5. The monoisotopic (exact) mass is 426 g/mol. The molecule has 1 aromatic carbocycles. The van der Waals surface area contributed by atoms with Crippen molar-refractivity contribution >= 4 is 11.9 Å². The summed E-state index contributed by atoms with van der Waals surface area (Å²) < 4.78 is 0. The zero-order valence-corrected chi connectivity index (χ0v) is 18.6. The van der Waals surface area contributed by atoms with Crippen molar-refractivity contribution in [3.8, 4) is 0 Å². The van der Waals surface area contributed by atoms with Gasteiger partial charge in [0.25, 0.3) is 0 Å². The lowest BCUT2D eigenvalue weighted by molar-refractivity contribution is -0.143. The summed E-state index contributed by atoms with van der Waals surface area (Å²) in [6.45, 7) is 6.38. The van der Waals surface area contributed by atoms with Crippen LogP contribution in [0, 0.1) is 5.92 Å². The third kappa shape index (κ3) is 5.53. The molecule has 0 radical (unpaired) electrons. The third-order valence-corrected chi connectivity index (χ3v) is 6.58. The fraction of sp³-hybridized carbons (Fsp3) is 0.542. The number of nitrogens with zero attached hydrogens (tertiary/aromatic N) is 2. The number of nitrogens with one attached hydrogen (secondary N) is 2. The van der Waals surface area contributed by atoms with E-state index >= 15 is 0 Å². The molecule has 1 amide bonds. The average Bonchev–Trinajstić information content (AvgIpc) is 3.39. The average molecular weight is 427 g/mol. The molecular weight excluding hydrogens is 392 g/mol. The van der Waals surface area contributed by atoms with Gasteiger partial charge in [-0.05, 0) is 24.3 Å². The highest BCUT2D eigenvalue weighted by Gasteiger charge is 2.49. The molecule has 0 spiro atoms. The van der Waals surface area contributed by atoms with Crippen LogP contribution in [0.1, 0.15) is 63.8 Å². The first kappa shape index (κ1) is 23.0. The second kappa shape index (κ2) is 10.6. The number of aromatic amines is 1. The molecule has 1 fully saturated rings. The molecule has 31 heavy (non-hydrogen) atoms. The van der Waals surface area contributed by atoms with E-state index in [9.17, 15) is 14.7 Å². The first-order valence-electron chi connectivity index (χ1n) is 11.2. The van der Waals surface area contributed by atoms with Gasteiger partial charge in [-0.2, -0.15) is 0 Å².